The number of aromatic hydroxyl groups is 1. The Bertz CT molecular complexity index is 773. The summed E-state index contributed by atoms with van der Waals surface area (Å²) in [6.45, 7) is 5.06. The molecule has 0 spiro atoms. The van der Waals surface area contributed by atoms with Crippen molar-refractivity contribution in [3.63, 3.8) is 0 Å². The van der Waals surface area contributed by atoms with Crippen molar-refractivity contribution in [2.75, 3.05) is 24.5 Å². The number of nitrogens with zero attached hydrogens (tertiary/aromatic N) is 3. The zero-order valence-corrected chi connectivity index (χ0v) is 18.3. The number of aromatic nitrogens is 1. The van der Waals surface area contributed by atoms with Crippen LogP contribution in [0.1, 0.15) is 18.9 Å². The molecule has 27 heavy (non-hydrogen) atoms. The molecule has 3 N–H and O–H groups in total. The molecule has 0 amide bonds. The molecule has 1 aliphatic rings. The Kier molecular flexibility index (Phi) is 8.43. The van der Waals surface area contributed by atoms with Gasteiger partial charge in [0, 0.05) is 31.9 Å². The first-order valence-electron chi connectivity index (χ1n) is 8.84. The Morgan fingerprint density at radius 1 is 1.37 bits per heavy atom. The SMILES string of the molecule is CCNC(=NCc1cccc(O)c1)NC1CCN(c2ncccc2Cl)C1.I. The molecule has 2 aromatic rings. The van der Waals surface area contributed by atoms with Crippen molar-refractivity contribution in [2.45, 2.75) is 25.9 Å². The number of phenols is 1. The average Bonchev–Trinajstić information content (AvgIpc) is 3.09. The highest BCUT2D eigenvalue weighted by Gasteiger charge is 2.25. The second-order valence-corrected chi connectivity index (χ2v) is 6.66. The van der Waals surface area contributed by atoms with Crippen LogP contribution in [0.25, 0.3) is 0 Å². The number of anilines is 1. The number of benzene rings is 1. The summed E-state index contributed by atoms with van der Waals surface area (Å²) < 4.78 is 0. The Labute approximate surface area is 182 Å². The molecule has 1 unspecified atom stereocenters. The average molecular weight is 502 g/mol. The first kappa shape index (κ1) is 21.6. The summed E-state index contributed by atoms with van der Waals surface area (Å²) in [7, 11) is 0. The van der Waals surface area contributed by atoms with Gasteiger partial charge in [-0.25, -0.2) is 9.98 Å². The molecule has 0 saturated carbocycles. The molecule has 3 rings (SSSR count). The maximum Gasteiger partial charge on any atom is 0.191 e. The fraction of sp³-hybridized carbons (Fsp3) is 0.368. The topological polar surface area (TPSA) is 72.8 Å². The van der Waals surface area contributed by atoms with Crippen LogP contribution in [0, 0.1) is 0 Å². The summed E-state index contributed by atoms with van der Waals surface area (Å²) in [5, 5.41) is 17.0. The molecule has 0 radical (unpaired) electrons. The van der Waals surface area contributed by atoms with E-state index in [4.69, 9.17) is 11.6 Å². The van der Waals surface area contributed by atoms with Crippen LogP contribution in [0.3, 0.4) is 0 Å². The number of rotatable bonds is 5. The van der Waals surface area contributed by atoms with Crippen LogP contribution in [0.5, 0.6) is 5.75 Å². The van der Waals surface area contributed by atoms with Gasteiger partial charge >= 0.3 is 0 Å². The van der Waals surface area contributed by atoms with E-state index >= 15 is 0 Å². The fourth-order valence-electron chi connectivity index (χ4n) is 3.02. The van der Waals surface area contributed by atoms with Crippen molar-refractivity contribution >= 4 is 47.4 Å². The van der Waals surface area contributed by atoms with Crippen LogP contribution in [0.4, 0.5) is 5.82 Å². The monoisotopic (exact) mass is 501 g/mol. The minimum Gasteiger partial charge on any atom is -0.508 e. The third-order valence-corrected chi connectivity index (χ3v) is 4.54. The maximum atomic E-state index is 9.57. The minimum absolute atomic E-state index is 0. The predicted molar refractivity (Wildman–Crippen MR) is 121 cm³/mol. The summed E-state index contributed by atoms with van der Waals surface area (Å²) in [6.07, 6.45) is 2.76. The molecule has 1 aromatic heterocycles. The normalized spacial score (nSPS) is 16.7. The fourth-order valence-corrected chi connectivity index (χ4v) is 3.26. The van der Waals surface area contributed by atoms with Crippen molar-refractivity contribution in [3.8, 4) is 5.75 Å². The smallest absolute Gasteiger partial charge is 0.191 e. The van der Waals surface area contributed by atoms with Gasteiger partial charge in [0.25, 0.3) is 0 Å². The van der Waals surface area contributed by atoms with Crippen molar-refractivity contribution < 1.29 is 5.11 Å². The van der Waals surface area contributed by atoms with Gasteiger partial charge in [-0.15, -0.1) is 24.0 Å². The molecule has 0 bridgehead atoms. The van der Waals surface area contributed by atoms with Crippen molar-refractivity contribution in [1.29, 1.82) is 0 Å². The lowest BCUT2D eigenvalue weighted by Crippen LogP contribution is -2.44. The molecule has 0 aliphatic carbocycles. The van der Waals surface area contributed by atoms with Crippen molar-refractivity contribution in [1.82, 2.24) is 15.6 Å². The van der Waals surface area contributed by atoms with Crippen LogP contribution >= 0.6 is 35.6 Å². The number of halogens is 2. The number of guanidine groups is 1. The van der Waals surface area contributed by atoms with E-state index in [1.54, 1.807) is 18.3 Å². The van der Waals surface area contributed by atoms with Crippen LogP contribution in [-0.2, 0) is 6.54 Å². The van der Waals surface area contributed by atoms with E-state index in [1.807, 2.05) is 31.2 Å². The Morgan fingerprint density at radius 2 is 2.22 bits per heavy atom. The van der Waals surface area contributed by atoms with Gasteiger partial charge in [0.1, 0.15) is 11.6 Å². The number of phenolic OH excluding ortho intramolecular Hbond substituents is 1. The number of hydrogen-bond acceptors (Lipinski definition) is 4. The largest absolute Gasteiger partial charge is 0.508 e. The highest BCUT2D eigenvalue weighted by molar-refractivity contribution is 14.0. The summed E-state index contributed by atoms with van der Waals surface area (Å²) in [5.74, 6) is 1.87. The molecule has 1 saturated heterocycles. The lowest BCUT2D eigenvalue weighted by molar-refractivity contribution is 0.474. The van der Waals surface area contributed by atoms with Crippen LogP contribution < -0.4 is 15.5 Å². The molecule has 1 aliphatic heterocycles. The Morgan fingerprint density at radius 3 is 2.96 bits per heavy atom. The quantitative estimate of drug-likeness (QED) is 0.333. The van der Waals surface area contributed by atoms with E-state index in [9.17, 15) is 5.11 Å². The third kappa shape index (κ3) is 6.14. The van der Waals surface area contributed by atoms with Gasteiger partial charge in [-0.2, -0.15) is 0 Å². The predicted octanol–water partition coefficient (Wildman–Crippen LogP) is 3.39. The van der Waals surface area contributed by atoms with Crippen LogP contribution in [-0.4, -0.2) is 41.7 Å². The standard InChI is InChI=1S/C19H24ClN5O.HI/c1-2-21-19(23-12-14-5-3-6-16(26)11-14)24-15-8-10-25(13-15)18-17(20)7-4-9-22-18;/h3-7,9,11,15,26H,2,8,10,12-13H2,1H3,(H2,21,23,24);1H. The van der Waals surface area contributed by atoms with Crippen LogP contribution in [0.15, 0.2) is 47.6 Å². The van der Waals surface area contributed by atoms with E-state index in [1.165, 1.54) is 0 Å². The highest BCUT2D eigenvalue weighted by atomic mass is 127. The zero-order chi connectivity index (χ0) is 18.4. The zero-order valence-electron chi connectivity index (χ0n) is 15.2. The van der Waals surface area contributed by atoms with Gasteiger partial charge in [-0.3, -0.25) is 0 Å². The number of pyridine rings is 1. The van der Waals surface area contributed by atoms with Gasteiger partial charge < -0.3 is 20.6 Å². The second-order valence-electron chi connectivity index (χ2n) is 6.25. The molecule has 1 aromatic carbocycles. The lowest BCUT2D eigenvalue weighted by atomic mass is 10.2. The van der Waals surface area contributed by atoms with E-state index in [2.05, 4.69) is 25.5 Å². The van der Waals surface area contributed by atoms with E-state index in [0.717, 1.165) is 43.4 Å². The van der Waals surface area contributed by atoms with Crippen LogP contribution in [0.2, 0.25) is 5.02 Å². The molecular weight excluding hydrogens is 477 g/mol. The molecule has 2 heterocycles. The van der Waals surface area contributed by atoms with Gasteiger partial charge in [0.2, 0.25) is 0 Å². The molecular formula is C19H25ClIN5O. The lowest BCUT2D eigenvalue weighted by Gasteiger charge is -2.20. The summed E-state index contributed by atoms with van der Waals surface area (Å²) >= 11 is 6.26. The van der Waals surface area contributed by atoms with Crippen molar-refractivity contribution in [3.05, 3.63) is 53.2 Å². The summed E-state index contributed by atoms with van der Waals surface area (Å²) in [6, 6.07) is 11.1. The summed E-state index contributed by atoms with van der Waals surface area (Å²) in [4.78, 5) is 11.2. The minimum atomic E-state index is 0. The maximum absolute atomic E-state index is 9.57. The van der Waals surface area contributed by atoms with Crippen molar-refractivity contribution in [2.24, 2.45) is 4.99 Å². The molecule has 8 heteroatoms. The third-order valence-electron chi connectivity index (χ3n) is 4.24. The Balaban J connectivity index is 0.00000261. The summed E-state index contributed by atoms with van der Waals surface area (Å²) in [5.41, 5.74) is 0.968. The van der Waals surface area contributed by atoms with Gasteiger partial charge in [0.05, 0.1) is 11.6 Å². The number of hydrogen-bond donors (Lipinski definition) is 3. The Hall–Kier alpha value is -1.74. The van der Waals surface area contributed by atoms with Gasteiger partial charge in [-0.1, -0.05) is 23.7 Å². The molecule has 1 atom stereocenters. The first-order chi connectivity index (χ1) is 12.7. The highest BCUT2D eigenvalue weighted by Crippen LogP contribution is 2.25. The molecule has 1 fully saturated rings. The van der Waals surface area contributed by atoms with E-state index in [-0.39, 0.29) is 35.8 Å². The number of aliphatic imine (C=N–C) groups is 1. The van der Waals surface area contributed by atoms with E-state index < -0.39 is 0 Å². The number of nitrogens with one attached hydrogen (secondary N) is 2. The van der Waals surface area contributed by atoms with E-state index in [0.29, 0.717) is 11.6 Å². The first-order valence-corrected chi connectivity index (χ1v) is 9.21. The van der Waals surface area contributed by atoms with Gasteiger partial charge in [0.15, 0.2) is 5.96 Å². The van der Waals surface area contributed by atoms with Gasteiger partial charge in [-0.05, 0) is 43.2 Å². The molecule has 146 valence electrons. The second kappa shape index (κ2) is 10.6. The molecule has 6 nitrogen and oxygen atoms in total.